The quantitative estimate of drug-likeness (QED) is 0.515. The van der Waals surface area contributed by atoms with Crippen LogP contribution < -0.4 is 17.7 Å². The molecule has 0 aromatic heterocycles. The second-order valence-corrected chi connectivity index (χ2v) is 6.19. The molecule has 0 bridgehead atoms. The number of hydrogen-bond acceptors (Lipinski definition) is 1. The second-order valence-electron chi connectivity index (χ2n) is 6.19. The summed E-state index contributed by atoms with van der Waals surface area (Å²) in [5, 5.41) is 3.50. The van der Waals surface area contributed by atoms with Crippen LogP contribution in [0.1, 0.15) is 41.5 Å². The molecular weight excluding hydrogens is 196 g/mol. The molecule has 1 fully saturated rings. The standard InChI is InChI=1S/C11H25N2.ClH/c1-10(2,3)13(11(4,5)6)8-7-12-9-13;/h12H,7-9H2,1-6H3;1H/q+1;/p-1. The molecule has 0 aromatic rings. The lowest BCUT2D eigenvalue weighted by Gasteiger charge is -2.54. The van der Waals surface area contributed by atoms with E-state index < -0.39 is 0 Å². The number of hydrogen-bond donors (Lipinski definition) is 1. The second kappa shape index (κ2) is 3.99. The Bertz CT molecular complexity index is 166. The first-order valence-electron chi connectivity index (χ1n) is 5.29. The van der Waals surface area contributed by atoms with E-state index in [1.165, 1.54) is 11.0 Å². The van der Waals surface area contributed by atoms with Crippen molar-refractivity contribution in [3.8, 4) is 0 Å². The molecule has 0 aliphatic carbocycles. The fraction of sp³-hybridized carbons (Fsp3) is 1.00. The smallest absolute Gasteiger partial charge is 0.133 e. The summed E-state index contributed by atoms with van der Waals surface area (Å²) >= 11 is 0. The van der Waals surface area contributed by atoms with Crippen LogP contribution in [0.2, 0.25) is 0 Å². The molecule has 14 heavy (non-hydrogen) atoms. The van der Waals surface area contributed by atoms with E-state index in [0.717, 1.165) is 13.2 Å². The van der Waals surface area contributed by atoms with E-state index in [1.807, 2.05) is 0 Å². The Balaban J connectivity index is 0.00000169. The van der Waals surface area contributed by atoms with Crippen molar-refractivity contribution in [3.63, 3.8) is 0 Å². The maximum absolute atomic E-state index is 3.50. The normalized spacial score (nSPS) is 21.9. The van der Waals surface area contributed by atoms with Crippen LogP contribution in [0.5, 0.6) is 0 Å². The molecule has 3 heteroatoms. The van der Waals surface area contributed by atoms with E-state index in [4.69, 9.17) is 0 Å². The van der Waals surface area contributed by atoms with Crippen LogP contribution in [0, 0.1) is 0 Å². The van der Waals surface area contributed by atoms with E-state index in [2.05, 4.69) is 46.9 Å². The lowest BCUT2D eigenvalue weighted by atomic mass is 9.91. The van der Waals surface area contributed by atoms with Gasteiger partial charge in [0, 0.05) is 6.54 Å². The molecule has 0 amide bonds. The highest BCUT2D eigenvalue weighted by Gasteiger charge is 2.50. The zero-order valence-corrected chi connectivity index (χ0v) is 11.2. The summed E-state index contributed by atoms with van der Waals surface area (Å²) in [6.07, 6.45) is 0. The van der Waals surface area contributed by atoms with E-state index in [-0.39, 0.29) is 12.4 Å². The third kappa shape index (κ3) is 2.07. The molecule has 0 saturated carbocycles. The molecule has 0 spiro atoms. The predicted octanol–water partition coefficient (Wildman–Crippen LogP) is -1.04. The molecule has 0 aromatic carbocycles. The van der Waals surface area contributed by atoms with E-state index in [1.54, 1.807) is 0 Å². The molecule has 1 heterocycles. The highest BCUT2D eigenvalue weighted by atomic mass is 35.5. The van der Waals surface area contributed by atoms with Crippen LogP contribution in [0.25, 0.3) is 0 Å². The molecule has 0 atom stereocenters. The van der Waals surface area contributed by atoms with Crippen molar-refractivity contribution in [2.75, 3.05) is 19.8 Å². The van der Waals surface area contributed by atoms with Crippen molar-refractivity contribution in [1.29, 1.82) is 0 Å². The van der Waals surface area contributed by atoms with Crippen LogP contribution in [0.3, 0.4) is 0 Å². The largest absolute Gasteiger partial charge is 1.00 e. The van der Waals surface area contributed by atoms with Gasteiger partial charge >= 0.3 is 0 Å². The first kappa shape index (κ1) is 14.2. The Kier molecular flexibility index (Phi) is 4.05. The lowest BCUT2D eigenvalue weighted by Crippen LogP contribution is -3.00. The van der Waals surface area contributed by atoms with E-state index in [9.17, 15) is 0 Å². The summed E-state index contributed by atoms with van der Waals surface area (Å²) < 4.78 is 1.18. The summed E-state index contributed by atoms with van der Waals surface area (Å²) in [7, 11) is 0. The van der Waals surface area contributed by atoms with Crippen molar-refractivity contribution >= 4 is 0 Å². The van der Waals surface area contributed by atoms with Gasteiger partial charge in [-0.3, -0.25) is 5.32 Å². The fourth-order valence-electron chi connectivity index (χ4n) is 2.77. The minimum atomic E-state index is 0. The summed E-state index contributed by atoms with van der Waals surface area (Å²) in [6, 6.07) is 0. The number of nitrogens with zero attached hydrogens (tertiary/aromatic N) is 1. The van der Waals surface area contributed by atoms with Gasteiger partial charge in [0.05, 0.1) is 17.6 Å². The van der Waals surface area contributed by atoms with Crippen molar-refractivity contribution in [2.24, 2.45) is 0 Å². The van der Waals surface area contributed by atoms with Crippen LogP contribution in [0.4, 0.5) is 0 Å². The average Bonchev–Trinajstić information content (AvgIpc) is 2.28. The molecule has 2 nitrogen and oxygen atoms in total. The molecule has 1 rings (SSSR count). The van der Waals surface area contributed by atoms with Crippen molar-refractivity contribution in [1.82, 2.24) is 5.32 Å². The molecule has 0 radical (unpaired) electrons. The zero-order chi connectivity index (χ0) is 10.3. The predicted molar refractivity (Wildman–Crippen MR) is 57.5 cm³/mol. The molecule has 1 saturated heterocycles. The van der Waals surface area contributed by atoms with Gasteiger partial charge in [-0.2, -0.15) is 0 Å². The van der Waals surface area contributed by atoms with Crippen molar-refractivity contribution in [2.45, 2.75) is 52.6 Å². The van der Waals surface area contributed by atoms with Gasteiger partial charge in [0.15, 0.2) is 0 Å². The van der Waals surface area contributed by atoms with E-state index >= 15 is 0 Å². The van der Waals surface area contributed by atoms with Gasteiger partial charge in [0.2, 0.25) is 0 Å². The first-order chi connectivity index (χ1) is 5.71. The third-order valence-corrected chi connectivity index (χ3v) is 3.62. The van der Waals surface area contributed by atoms with Crippen LogP contribution in [0.15, 0.2) is 0 Å². The monoisotopic (exact) mass is 220 g/mol. The Labute approximate surface area is 95.1 Å². The van der Waals surface area contributed by atoms with Crippen LogP contribution in [-0.4, -0.2) is 35.3 Å². The summed E-state index contributed by atoms with van der Waals surface area (Å²) in [5.41, 5.74) is 0.670. The third-order valence-electron chi connectivity index (χ3n) is 3.62. The zero-order valence-electron chi connectivity index (χ0n) is 10.4. The number of nitrogens with one attached hydrogen (secondary N) is 1. The Morgan fingerprint density at radius 3 is 1.50 bits per heavy atom. The molecular formula is C11H25ClN2. The number of quaternary nitrogens is 1. The van der Waals surface area contributed by atoms with Crippen molar-refractivity contribution < 1.29 is 16.9 Å². The van der Waals surface area contributed by atoms with Gasteiger partial charge in [-0.25, -0.2) is 0 Å². The summed E-state index contributed by atoms with van der Waals surface area (Å²) in [4.78, 5) is 0. The van der Waals surface area contributed by atoms with Gasteiger partial charge in [-0.15, -0.1) is 0 Å². The van der Waals surface area contributed by atoms with Crippen molar-refractivity contribution in [3.05, 3.63) is 0 Å². The minimum Gasteiger partial charge on any atom is -1.00 e. The Hall–Kier alpha value is 0.210. The highest BCUT2D eigenvalue weighted by Crippen LogP contribution is 2.35. The molecule has 1 N–H and O–H groups in total. The summed E-state index contributed by atoms with van der Waals surface area (Å²) in [6.45, 7) is 17.7. The number of halogens is 1. The minimum absolute atomic E-state index is 0. The van der Waals surface area contributed by atoms with Crippen LogP contribution in [-0.2, 0) is 0 Å². The van der Waals surface area contributed by atoms with Gasteiger partial charge < -0.3 is 16.9 Å². The number of rotatable bonds is 0. The van der Waals surface area contributed by atoms with Gasteiger partial charge in [-0.1, -0.05) is 0 Å². The van der Waals surface area contributed by atoms with Gasteiger partial charge in [-0.05, 0) is 41.5 Å². The molecule has 86 valence electrons. The van der Waals surface area contributed by atoms with E-state index in [0.29, 0.717) is 11.1 Å². The maximum Gasteiger partial charge on any atom is 0.133 e. The molecule has 1 aliphatic rings. The Morgan fingerprint density at radius 1 is 0.929 bits per heavy atom. The lowest BCUT2D eigenvalue weighted by molar-refractivity contribution is -1.00. The molecule has 1 aliphatic heterocycles. The highest BCUT2D eigenvalue weighted by molar-refractivity contribution is 4.77. The molecule has 0 unspecified atom stereocenters. The Morgan fingerprint density at radius 2 is 1.36 bits per heavy atom. The maximum atomic E-state index is 3.50. The fourth-order valence-corrected chi connectivity index (χ4v) is 2.77. The SMILES string of the molecule is CC(C)(C)[N+]1(C(C)(C)C)CCNC1.[Cl-]. The van der Waals surface area contributed by atoms with Gasteiger partial charge in [0.25, 0.3) is 0 Å². The van der Waals surface area contributed by atoms with Crippen LogP contribution >= 0.6 is 0 Å². The first-order valence-corrected chi connectivity index (χ1v) is 5.29. The summed E-state index contributed by atoms with van der Waals surface area (Å²) in [5.74, 6) is 0. The van der Waals surface area contributed by atoms with Gasteiger partial charge in [0.1, 0.15) is 6.67 Å². The topological polar surface area (TPSA) is 12.0 Å². The average molecular weight is 221 g/mol.